The fourth-order valence-corrected chi connectivity index (χ4v) is 9.20. The zero-order valence-electron chi connectivity index (χ0n) is 32.8. The molecule has 4 fully saturated rings. The van der Waals surface area contributed by atoms with Crippen LogP contribution in [0.5, 0.6) is 11.9 Å². The van der Waals surface area contributed by atoms with Gasteiger partial charge in [0.05, 0.1) is 43.6 Å². The standard InChI is InChI=1S/C42H45F2N7O7/c1-6-23-8-7-9-25-29(23)26(18-27(31(25)43)45-39(52)58-41(3,4)5)33-32(44)34-30-36(48-38(47-34)56-21-42(12-13-42)20-49-14-16-55-17-15-49)50-19-24-10-11-28(51(24)40(53)54)35(50)22(2)57-37(30)46-33/h1,7-9,18,22,24,28,35H,10-17,19-21H2,2-5H3,(H,45,52)(H,53,54). The lowest BCUT2D eigenvalue weighted by Crippen LogP contribution is -2.64. The topological polar surface area (TPSA) is 152 Å². The number of hydrogen-bond acceptors (Lipinski definition) is 11. The van der Waals surface area contributed by atoms with Crippen molar-refractivity contribution in [3.8, 4) is 35.5 Å². The number of morpholine rings is 1. The Morgan fingerprint density at radius 1 is 1.10 bits per heavy atom. The Morgan fingerprint density at radius 3 is 2.59 bits per heavy atom. The lowest BCUT2D eigenvalue weighted by molar-refractivity contribution is 0.0231. The lowest BCUT2D eigenvalue weighted by atomic mass is 9.95. The fraction of sp³-hybridized carbons (Fsp3) is 0.500. The molecule has 2 bridgehead atoms. The number of carbonyl (C=O) groups is 2. The second-order valence-electron chi connectivity index (χ2n) is 17.0. The van der Waals surface area contributed by atoms with E-state index < -0.39 is 47.6 Å². The van der Waals surface area contributed by atoms with E-state index in [9.17, 15) is 14.7 Å². The molecule has 14 nitrogen and oxygen atoms in total. The number of pyridine rings is 1. The van der Waals surface area contributed by atoms with Crippen LogP contribution in [0.2, 0.25) is 0 Å². The Hall–Kier alpha value is -5.53. The van der Waals surface area contributed by atoms with E-state index in [0.717, 1.165) is 32.5 Å². The fourth-order valence-electron chi connectivity index (χ4n) is 9.20. The summed E-state index contributed by atoms with van der Waals surface area (Å²) < 4.78 is 57.9. The smallest absolute Gasteiger partial charge is 0.412 e. The molecule has 1 aliphatic carbocycles. The van der Waals surface area contributed by atoms with Gasteiger partial charge in [0.1, 0.15) is 34.1 Å². The molecule has 4 unspecified atom stereocenters. The molecule has 5 aliphatic rings. The number of amides is 2. The molecule has 58 heavy (non-hydrogen) atoms. The molecular formula is C42H45F2N7O7. The molecule has 9 rings (SSSR count). The van der Waals surface area contributed by atoms with Gasteiger partial charge in [-0.05, 0) is 65.5 Å². The maximum atomic E-state index is 17.7. The summed E-state index contributed by atoms with van der Waals surface area (Å²) in [6.45, 7) is 11.3. The van der Waals surface area contributed by atoms with Crippen molar-refractivity contribution in [1.29, 1.82) is 0 Å². The van der Waals surface area contributed by atoms with E-state index in [4.69, 9.17) is 40.3 Å². The Kier molecular flexibility index (Phi) is 9.23. The van der Waals surface area contributed by atoms with Crippen LogP contribution in [0.4, 0.5) is 29.9 Å². The summed E-state index contributed by atoms with van der Waals surface area (Å²) in [5.74, 6) is 1.26. The Labute approximate surface area is 333 Å². The highest BCUT2D eigenvalue weighted by atomic mass is 19.1. The van der Waals surface area contributed by atoms with Crippen LogP contribution in [0.3, 0.4) is 0 Å². The first-order valence-corrected chi connectivity index (χ1v) is 19.7. The van der Waals surface area contributed by atoms with Gasteiger partial charge in [0.2, 0.25) is 5.88 Å². The lowest BCUT2D eigenvalue weighted by Gasteiger charge is -2.47. The van der Waals surface area contributed by atoms with Crippen molar-refractivity contribution in [2.45, 2.75) is 83.2 Å². The first kappa shape index (κ1) is 38.0. The maximum Gasteiger partial charge on any atom is 0.412 e. The minimum absolute atomic E-state index is 0.0101. The number of piperazine rings is 1. The summed E-state index contributed by atoms with van der Waals surface area (Å²) in [5, 5.41) is 13.2. The van der Waals surface area contributed by atoms with E-state index in [1.54, 1.807) is 32.9 Å². The Bertz CT molecular complexity index is 2390. The molecule has 16 heteroatoms. The van der Waals surface area contributed by atoms with Crippen LogP contribution in [0.15, 0.2) is 24.3 Å². The third-order valence-corrected chi connectivity index (χ3v) is 12.0. The molecule has 2 amide bonds. The summed E-state index contributed by atoms with van der Waals surface area (Å²) in [4.78, 5) is 45.8. The number of anilines is 2. The number of ether oxygens (including phenoxy) is 4. The predicted molar refractivity (Wildman–Crippen MR) is 210 cm³/mol. The quantitative estimate of drug-likeness (QED) is 0.199. The van der Waals surface area contributed by atoms with Crippen molar-refractivity contribution in [2.24, 2.45) is 5.41 Å². The van der Waals surface area contributed by atoms with Gasteiger partial charge in [-0.2, -0.15) is 9.97 Å². The molecule has 2 aromatic heterocycles. The number of halogens is 2. The van der Waals surface area contributed by atoms with Gasteiger partial charge in [0.15, 0.2) is 11.6 Å². The zero-order valence-corrected chi connectivity index (χ0v) is 32.8. The highest BCUT2D eigenvalue weighted by molar-refractivity contribution is 6.06. The minimum atomic E-state index is -1.01. The largest absolute Gasteiger partial charge is 0.472 e. The molecular weight excluding hydrogens is 752 g/mol. The number of aromatic nitrogens is 3. The number of carboxylic acid groups (broad SMARTS) is 1. The van der Waals surface area contributed by atoms with Crippen molar-refractivity contribution in [3.05, 3.63) is 41.5 Å². The molecule has 304 valence electrons. The van der Waals surface area contributed by atoms with Crippen molar-refractivity contribution in [3.63, 3.8) is 0 Å². The number of carbonyl (C=O) groups excluding carboxylic acids is 1. The molecule has 2 N–H and O–H groups in total. The van der Waals surface area contributed by atoms with Crippen LogP contribution in [-0.4, -0.2) is 118 Å². The normalized spacial score (nSPS) is 23.5. The molecule has 3 saturated heterocycles. The second-order valence-corrected chi connectivity index (χ2v) is 17.0. The monoisotopic (exact) mass is 797 g/mol. The molecule has 6 heterocycles. The Balaban J connectivity index is 1.21. The number of nitrogens with one attached hydrogen (secondary N) is 1. The number of fused-ring (bicyclic) bond motifs is 6. The van der Waals surface area contributed by atoms with Crippen LogP contribution in [-0.2, 0) is 9.47 Å². The number of terminal acetylenes is 1. The molecule has 0 spiro atoms. The molecule has 2 aromatic carbocycles. The van der Waals surface area contributed by atoms with Gasteiger partial charge in [-0.15, -0.1) is 6.42 Å². The summed E-state index contributed by atoms with van der Waals surface area (Å²) in [6, 6.07) is 4.66. The molecule has 4 aromatic rings. The number of nitrogens with zero attached hydrogens (tertiary/aromatic N) is 6. The highest BCUT2D eigenvalue weighted by Gasteiger charge is 2.53. The van der Waals surface area contributed by atoms with Gasteiger partial charge in [0.25, 0.3) is 0 Å². The van der Waals surface area contributed by atoms with Crippen LogP contribution in [0, 0.1) is 29.4 Å². The van der Waals surface area contributed by atoms with E-state index in [1.165, 1.54) is 17.0 Å². The van der Waals surface area contributed by atoms with E-state index in [1.807, 2.05) is 11.8 Å². The molecule has 1 saturated carbocycles. The van der Waals surface area contributed by atoms with Gasteiger partial charge in [0, 0.05) is 53.5 Å². The number of hydrogen-bond donors (Lipinski definition) is 2. The van der Waals surface area contributed by atoms with Crippen LogP contribution < -0.4 is 19.7 Å². The first-order valence-electron chi connectivity index (χ1n) is 19.7. The first-order chi connectivity index (χ1) is 27.7. The summed E-state index contributed by atoms with van der Waals surface area (Å²) >= 11 is 0. The van der Waals surface area contributed by atoms with E-state index in [2.05, 4.69) is 16.1 Å². The molecule has 4 atom stereocenters. The van der Waals surface area contributed by atoms with Crippen LogP contribution in [0.25, 0.3) is 32.9 Å². The minimum Gasteiger partial charge on any atom is -0.472 e. The zero-order chi connectivity index (χ0) is 40.7. The molecule has 0 radical (unpaired) electrons. The van der Waals surface area contributed by atoms with Crippen molar-refractivity contribution < 1.29 is 42.4 Å². The third kappa shape index (κ3) is 6.63. The maximum absolute atomic E-state index is 17.7. The van der Waals surface area contributed by atoms with Crippen LogP contribution >= 0.6 is 0 Å². The van der Waals surface area contributed by atoms with Gasteiger partial charge < -0.3 is 29.0 Å². The average molecular weight is 798 g/mol. The van der Waals surface area contributed by atoms with E-state index in [-0.39, 0.29) is 67.5 Å². The predicted octanol–water partition coefficient (Wildman–Crippen LogP) is 6.42. The molecule has 4 aliphatic heterocycles. The third-order valence-electron chi connectivity index (χ3n) is 12.0. The van der Waals surface area contributed by atoms with Gasteiger partial charge in [-0.1, -0.05) is 18.1 Å². The average Bonchev–Trinajstić information content (AvgIpc) is 3.90. The van der Waals surface area contributed by atoms with E-state index in [0.29, 0.717) is 45.0 Å². The Morgan fingerprint density at radius 2 is 1.88 bits per heavy atom. The number of benzene rings is 2. The van der Waals surface area contributed by atoms with Crippen molar-refractivity contribution in [2.75, 3.05) is 56.2 Å². The van der Waals surface area contributed by atoms with Gasteiger partial charge in [-0.25, -0.2) is 23.4 Å². The van der Waals surface area contributed by atoms with Crippen molar-refractivity contribution >= 4 is 45.4 Å². The SMILES string of the molecule is C#Cc1cccc2c(F)c(NC(=O)OC(C)(C)C)cc(-c3nc4c5c(nc(OCC6(CN7CCOCC7)CC6)nc5c3F)N3CC5CCC(C3C(C)O4)N5C(=O)O)c12. The van der Waals surface area contributed by atoms with Gasteiger partial charge >= 0.3 is 18.2 Å². The summed E-state index contributed by atoms with van der Waals surface area (Å²) in [7, 11) is 0. The summed E-state index contributed by atoms with van der Waals surface area (Å²) in [6.07, 6.45) is 6.56. The highest BCUT2D eigenvalue weighted by Crippen LogP contribution is 2.49. The van der Waals surface area contributed by atoms with Crippen LogP contribution in [0.1, 0.15) is 58.9 Å². The van der Waals surface area contributed by atoms with Gasteiger partial charge in [-0.3, -0.25) is 15.1 Å². The second kappa shape index (κ2) is 14.1. The summed E-state index contributed by atoms with van der Waals surface area (Å²) in [5.41, 5.74) is -1.34. The number of rotatable bonds is 7. The van der Waals surface area contributed by atoms with E-state index >= 15 is 8.78 Å². The van der Waals surface area contributed by atoms with Crippen molar-refractivity contribution in [1.82, 2.24) is 24.8 Å².